The summed E-state index contributed by atoms with van der Waals surface area (Å²) in [6.45, 7) is 1.22. The third kappa shape index (κ3) is 4.33. The molecule has 0 bridgehead atoms. The quantitative estimate of drug-likeness (QED) is 0.838. The molecule has 0 radical (unpaired) electrons. The molecule has 0 atom stereocenters. The molecule has 1 amide bonds. The molecule has 7 heteroatoms. The number of amides is 1. The van der Waals surface area contributed by atoms with Crippen molar-refractivity contribution in [2.45, 2.75) is 12.8 Å². The van der Waals surface area contributed by atoms with Crippen LogP contribution in [0.5, 0.6) is 0 Å². The number of halogens is 2. The van der Waals surface area contributed by atoms with Crippen molar-refractivity contribution in [2.24, 2.45) is 5.92 Å². The Labute approximate surface area is 116 Å². The van der Waals surface area contributed by atoms with Crippen LogP contribution in [-0.4, -0.2) is 29.0 Å². The molecule has 0 spiro atoms. The van der Waals surface area contributed by atoms with E-state index in [4.69, 9.17) is 0 Å². The Balaban J connectivity index is 1.79. The van der Waals surface area contributed by atoms with Crippen LogP contribution in [-0.2, 0) is 4.79 Å². The van der Waals surface area contributed by atoms with Gasteiger partial charge in [0.2, 0.25) is 5.91 Å². The van der Waals surface area contributed by atoms with Gasteiger partial charge in [0.05, 0.1) is 12.7 Å². The maximum absolute atomic E-state index is 11.6. The van der Waals surface area contributed by atoms with Gasteiger partial charge in [-0.05, 0) is 57.2 Å². The Morgan fingerprint density at radius 2 is 2.24 bits per heavy atom. The molecule has 2 N–H and O–H groups in total. The Hall–Kier alpha value is -0.530. The van der Waals surface area contributed by atoms with Crippen LogP contribution in [0.3, 0.4) is 0 Å². The second-order valence-electron chi connectivity index (χ2n) is 3.95. The number of carbonyl (C=O) groups excluding carboxylic acids is 1. The van der Waals surface area contributed by atoms with Crippen LogP contribution < -0.4 is 10.6 Å². The van der Waals surface area contributed by atoms with Gasteiger partial charge in [-0.1, -0.05) is 0 Å². The summed E-state index contributed by atoms with van der Waals surface area (Å²) in [5.41, 5.74) is 0. The van der Waals surface area contributed by atoms with Gasteiger partial charge < -0.3 is 10.6 Å². The molecule has 1 fully saturated rings. The van der Waals surface area contributed by atoms with E-state index in [1.807, 2.05) is 0 Å². The lowest BCUT2D eigenvalue weighted by atomic mass is 10.4. The second-order valence-corrected chi connectivity index (χ2v) is 5.52. The molecule has 1 aliphatic carbocycles. The number of anilines is 1. The molecule has 2 rings (SSSR count). The van der Waals surface area contributed by atoms with Crippen molar-refractivity contribution in [1.82, 2.24) is 15.3 Å². The fourth-order valence-electron chi connectivity index (χ4n) is 1.32. The summed E-state index contributed by atoms with van der Waals surface area (Å²) in [7, 11) is 0. The molecule has 1 heterocycles. The molecule has 1 aromatic heterocycles. The Kier molecular flexibility index (Phi) is 4.47. The summed E-state index contributed by atoms with van der Waals surface area (Å²) in [6.07, 6.45) is 4.09. The van der Waals surface area contributed by atoms with E-state index in [1.54, 1.807) is 0 Å². The molecule has 0 saturated heterocycles. The molecule has 0 aliphatic heterocycles. The molecule has 1 saturated carbocycles. The van der Waals surface area contributed by atoms with Crippen molar-refractivity contribution in [3.8, 4) is 0 Å². The summed E-state index contributed by atoms with van der Waals surface area (Å²) >= 11 is 6.44. The van der Waals surface area contributed by atoms with E-state index in [1.165, 1.54) is 19.0 Å². The van der Waals surface area contributed by atoms with Gasteiger partial charge in [0, 0.05) is 0 Å². The van der Waals surface area contributed by atoms with Gasteiger partial charge in [-0.15, -0.1) is 0 Å². The lowest BCUT2D eigenvalue weighted by Crippen LogP contribution is -2.29. The van der Waals surface area contributed by atoms with E-state index >= 15 is 0 Å². The van der Waals surface area contributed by atoms with E-state index < -0.39 is 0 Å². The predicted molar refractivity (Wildman–Crippen MR) is 71.7 cm³/mol. The van der Waals surface area contributed by atoms with Crippen LogP contribution in [0.2, 0.25) is 0 Å². The third-order valence-corrected chi connectivity index (χ3v) is 3.31. The van der Waals surface area contributed by atoms with E-state index in [-0.39, 0.29) is 5.91 Å². The first kappa shape index (κ1) is 12.9. The summed E-state index contributed by atoms with van der Waals surface area (Å²) < 4.78 is 1.14. The Bertz CT molecular complexity index is 423. The zero-order chi connectivity index (χ0) is 12.3. The first-order valence-electron chi connectivity index (χ1n) is 5.34. The number of rotatable bonds is 5. The number of nitrogens with zero attached hydrogens (tertiary/aromatic N) is 2. The van der Waals surface area contributed by atoms with Gasteiger partial charge in [-0.2, -0.15) is 0 Å². The van der Waals surface area contributed by atoms with Crippen LogP contribution in [0.4, 0.5) is 5.82 Å². The number of nitrogens with one attached hydrogen (secondary N) is 2. The monoisotopic (exact) mass is 362 g/mol. The lowest BCUT2D eigenvalue weighted by molar-refractivity contribution is -0.115. The summed E-state index contributed by atoms with van der Waals surface area (Å²) in [5, 5.41) is 5.80. The van der Waals surface area contributed by atoms with Crippen molar-refractivity contribution < 1.29 is 4.79 Å². The lowest BCUT2D eigenvalue weighted by Gasteiger charge is -2.06. The standard InChI is InChI=1S/C10H12Br2N4O/c11-7-4-14-10(9(12)15-7)16-8(17)5-13-3-6-1-2-6/h4,6,13H,1-3,5H2,(H,14,16,17). The van der Waals surface area contributed by atoms with Gasteiger partial charge in [0.25, 0.3) is 0 Å². The van der Waals surface area contributed by atoms with Crippen molar-refractivity contribution in [1.29, 1.82) is 0 Å². The van der Waals surface area contributed by atoms with Crippen molar-refractivity contribution >= 4 is 43.6 Å². The molecule has 17 heavy (non-hydrogen) atoms. The molecule has 1 aromatic rings. The van der Waals surface area contributed by atoms with Crippen LogP contribution in [0.1, 0.15) is 12.8 Å². The second kappa shape index (κ2) is 5.88. The van der Waals surface area contributed by atoms with E-state index in [2.05, 4.69) is 52.5 Å². The SMILES string of the molecule is O=C(CNCC1CC1)Nc1ncc(Br)nc1Br. The molecule has 0 unspecified atom stereocenters. The first-order valence-corrected chi connectivity index (χ1v) is 6.92. The summed E-state index contributed by atoms with van der Waals surface area (Å²) in [6, 6.07) is 0. The average Bonchev–Trinajstić information content (AvgIpc) is 3.06. The van der Waals surface area contributed by atoms with Gasteiger partial charge in [-0.25, -0.2) is 9.97 Å². The minimum Gasteiger partial charge on any atom is -0.308 e. The highest BCUT2D eigenvalue weighted by atomic mass is 79.9. The van der Waals surface area contributed by atoms with E-state index in [0.717, 1.165) is 12.5 Å². The highest BCUT2D eigenvalue weighted by Gasteiger charge is 2.20. The highest BCUT2D eigenvalue weighted by Crippen LogP contribution is 2.27. The Morgan fingerprint density at radius 1 is 1.47 bits per heavy atom. The minimum atomic E-state index is -0.108. The fourth-order valence-corrected chi connectivity index (χ4v) is 2.23. The average molecular weight is 364 g/mol. The molecule has 5 nitrogen and oxygen atoms in total. The smallest absolute Gasteiger partial charge is 0.239 e. The van der Waals surface area contributed by atoms with Crippen LogP contribution in [0.25, 0.3) is 0 Å². The van der Waals surface area contributed by atoms with Gasteiger partial charge in [-0.3, -0.25) is 4.79 Å². The normalized spacial score (nSPS) is 14.7. The number of hydrogen-bond donors (Lipinski definition) is 2. The fraction of sp³-hybridized carbons (Fsp3) is 0.500. The third-order valence-electron chi connectivity index (χ3n) is 2.37. The van der Waals surface area contributed by atoms with Crippen molar-refractivity contribution in [2.75, 3.05) is 18.4 Å². The Morgan fingerprint density at radius 3 is 2.88 bits per heavy atom. The number of carbonyl (C=O) groups is 1. The molecular formula is C10H12Br2N4O. The molecule has 1 aliphatic rings. The molecule has 0 aromatic carbocycles. The highest BCUT2D eigenvalue weighted by molar-refractivity contribution is 9.11. The predicted octanol–water partition coefficient (Wildman–Crippen LogP) is 1.94. The van der Waals surface area contributed by atoms with Gasteiger partial charge in [0.1, 0.15) is 9.21 Å². The van der Waals surface area contributed by atoms with Crippen molar-refractivity contribution in [3.05, 3.63) is 15.4 Å². The number of hydrogen-bond acceptors (Lipinski definition) is 4. The maximum atomic E-state index is 11.6. The van der Waals surface area contributed by atoms with E-state index in [9.17, 15) is 4.79 Å². The van der Waals surface area contributed by atoms with Crippen molar-refractivity contribution in [3.63, 3.8) is 0 Å². The largest absolute Gasteiger partial charge is 0.308 e. The summed E-state index contributed by atoms with van der Waals surface area (Å²) in [5.74, 6) is 1.09. The zero-order valence-corrected chi connectivity index (χ0v) is 12.2. The number of aromatic nitrogens is 2. The van der Waals surface area contributed by atoms with Crippen LogP contribution in [0, 0.1) is 5.92 Å². The minimum absolute atomic E-state index is 0.108. The van der Waals surface area contributed by atoms with Crippen LogP contribution in [0.15, 0.2) is 15.4 Å². The topological polar surface area (TPSA) is 66.9 Å². The zero-order valence-electron chi connectivity index (χ0n) is 9.04. The van der Waals surface area contributed by atoms with Crippen LogP contribution >= 0.6 is 31.9 Å². The summed E-state index contributed by atoms with van der Waals surface area (Å²) in [4.78, 5) is 19.7. The van der Waals surface area contributed by atoms with Gasteiger partial charge >= 0.3 is 0 Å². The maximum Gasteiger partial charge on any atom is 0.239 e. The van der Waals surface area contributed by atoms with Gasteiger partial charge in [0.15, 0.2) is 5.82 Å². The molecular weight excluding hydrogens is 352 g/mol. The van der Waals surface area contributed by atoms with E-state index in [0.29, 0.717) is 21.6 Å². The first-order chi connectivity index (χ1) is 8.15. The molecule has 92 valence electrons.